The first-order valence-electron chi connectivity index (χ1n) is 42.2. The van der Waals surface area contributed by atoms with Gasteiger partial charge >= 0.3 is 12.1 Å². The molecule has 0 saturated carbocycles. The molecule has 1 aromatic heterocycles. The average Bonchev–Trinajstić information content (AvgIpc) is 1.33. The third-order valence-corrected chi connectivity index (χ3v) is 28.1. The van der Waals surface area contributed by atoms with Crippen LogP contribution in [0.2, 0.25) is 5.02 Å². The number of fused-ring (bicyclic) bond motifs is 6. The summed E-state index contributed by atoms with van der Waals surface area (Å²) in [6, 6.07) is 15.1. The zero-order valence-corrected chi connectivity index (χ0v) is 76.7. The summed E-state index contributed by atoms with van der Waals surface area (Å²) in [5, 5.41) is 69.0. The van der Waals surface area contributed by atoms with Crippen LogP contribution < -0.4 is 63.2 Å². The number of anilines is 1. The monoisotopic (exact) mass is 1860 g/mol. The second-order valence-corrected chi connectivity index (χ2v) is 38.0. The molecule has 6 heterocycles. The van der Waals surface area contributed by atoms with E-state index >= 15 is 19.2 Å². The van der Waals surface area contributed by atoms with E-state index in [4.69, 9.17) is 41.0 Å². The van der Waals surface area contributed by atoms with Gasteiger partial charge in [-0.3, -0.25) is 53.3 Å². The number of para-hydroxylation sites is 1. The number of alkyl carbamates (subject to hydrolysis) is 1. The van der Waals surface area contributed by atoms with Gasteiger partial charge < -0.3 is 107 Å². The Balaban J connectivity index is 0.905. The Morgan fingerprint density at radius 3 is 2.09 bits per heavy atom. The minimum atomic E-state index is -1.94. The first-order chi connectivity index (χ1) is 60.6. The van der Waals surface area contributed by atoms with Crippen molar-refractivity contribution in [2.45, 2.75) is 215 Å². The van der Waals surface area contributed by atoms with Gasteiger partial charge in [0.15, 0.2) is 5.72 Å². The van der Waals surface area contributed by atoms with Crippen molar-refractivity contribution in [2.75, 3.05) is 69.4 Å². The van der Waals surface area contributed by atoms with E-state index in [0.717, 1.165) is 32.7 Å². The van der Waals surface area contributed by atoms with Crippen molar-refractivity contribution in [3.8, 4) is 5.75 Å². The van der Waals surface area contributed by atoms with Crippen LogP contribution in [0.5, 0.6) is 5.75 Å². The van der Waals surface area contributed by atoms with Crippen LogP contribution in [0.1, 0.15) is 115 Å². The lowest BCUT2D eigenvalue weighted by Crippen LogP contribution is -2.68. The van der Waals surface area contributed by atoms with Gasteiger partial charge in [0.2, 0.25) is 64.9 Å². The number of unbranched alkanes of at least 4 members (excludes halogenated alkanes) is 2. The SMILES string of the molecule is COc1cc2cc(c1Cl)N(C)C(=O)CC1(OC(=O)[C@H](C)N(C)C(=O)CCSSCCC(=O)N[C@H](Cc3ccccc3)C(=O)N[C@H]3CSSC[C@@H](C(=O)N[C@H](CO)[C@@H](C)O)NC(=O)[C@H]([C@@H](C)O)NC(=O)[C@H](CCCCCN)NC(=O)[C@@H](Cc4c[nH]c5ccccc45)NC(=O)[C@H](Cc4ccccc4)NC3=O)O[C@@H]([C@H](C)[C@@H]3C[C@@](O)(NC(=O)O3)[C@H](OC)/C=C/C=C(\C)C2)[C@@H]1C. The Morgan fingerprint density at radius 1 is 0.787 bits per heavy atom. The molecule has 692 valence electrons. The number of benzene rings is 4. The Bertz CT molecular complexity index is 4710. The molecule has 5 aliphatic heterocycles. The van der Waals surface area contributed by atoms with E-state index in [1.54, 1.807) is 111 Å². The number of nitrogens with zero attached hydrogens (tertiary/aromatic N) is 2. The molecule has 10 rings (SSSR count). The Morgan fingerprint density at radius 2 is 1.43 bits per heavy atom. The van der Waals surface area contributed by atoms with E-state index in [1.807, 2.05) is 31.2 Å². The summed E-state index contributed by atoms with van der Waals surface area (Å²) in [4.78, 5) is 180. The molecule has 18 atom stereocenters. The van der Waals surface area contributed by atoms with E-state index in [-0.39, 0.29) is 78.7 Å². The van der Waals surface area contributed by atoms with Crippen LogP contribution in [0.4, 0.5) is 10.5 Å². The molecular formula is C88H118ClN13O21S4. The van der Waals surface area contributed by atoms with Gasteiger partial charge in [-0.25, -0.2) is 9.59 Å². The fourth-order valence-electron chi connectivity index (χ4n) is 15.2. The van der Waals surface area contributed by atoms with Gasteiger partial charge in [-0.1, -0.05) is 184 Å². The number of aromatic amines is 1. The van der Waals surface area contributed by atoms with E-state index in [1.165, 1.54) is 80.5 Å². The maximum absolute atomic E-state index is 15.3. The number of H-pyrrole nitrogens is 1. The number of halogens is 1. The number of likely N-dealkylation sites (N-methyl/N-ethyl adjacent to an activating group) is 1. The van der Waals surface area contributed by atoms with Crippen molar-refractivity contribution in [3.05, 3.63) is 154 Å². The number of rotatable bonds is 31. The van der Waals surface area contributed by atoms with Gasteiger partial charge in [0.25, 0.3) is 0 Å². The van der Waals surface area contributed by atoms with Gasteiger partial charge in [0, 0.05) is 112 Å². The number of ether oxygens (including phenoxy) is 5. The summed E-state index contributed by atoms with van der Waals surface area (Å²) in [6.45, 7) is 8.97. The lowest BCUT2D eigenvalue weighted by atomic mass is 9.75. The summed E-state index contributed by atoms with van der Waals surface area (Å²) in [6.07, 6.45) is 0.678. The summed E-state index contributed by atoms with van der Waals surface area (Å²) >= 11 is 6.90. The highest BCUT2D eigenvalue weighted by Gasteiger charge is 2.62. The average molecular weight is 1860 g/mol. The molecule has 16 N–H and O–H groups in total. The van der Waals surface area contributed by atoms with Crippen molar-refractivity contribution in [1.82, 2.24) is 57.7 Å². The summed E-state index contributed by atoms with van der Waals surface area (Å²) < 4.78 is 30.0. The number of methoxy groups -OCH3 is 2. The summed E-state index contributed by atoms with van der Waals surface area (Å²) in [7, 11) is 10.2. The number of carbonyl (C=O) groups excluding carboxylic acids is 12. The second kappa shape index (κ2) is 48.3. The van der Waals surface area contributed by atoms with E-state index in [0.29, 0.717) is 65.5 Å². The molecule has 0 aliphatic carbocycles. The van der Waals surface area contributed by atoms with Crippen molar-refractivity contribution < 1.29 is 102 Å². The molecule has 5 aromatic rings. The van der Waals surface area contributed by atoms with Crippen LogP contribution in [0.25, 0.3) is 10.9 Å². The molecule has 6 bridgehead atoms. The number of aliphatic hydroxyl groups is 4. The molecule has 34 nitrogen and oxygen atoms in total. The first-order valence-corrected chi connectivity index (χ1v) is 47.5. The van der Waals surface area contributed by atoms with E-state index < -0.39 is 192 Å². The number of hydrogen-bond acceptors (Lipinski definition) is 26. The molecule has 0 spiro atoms. The van der Waals surface area contributed by atoms with Crippen LogP contribution in [-0.4, -0.2) is 262 Å². The quantitative estimate of drug-likeness (QED) is 0.0163. The Kier molecular flexibility index (Phi) is 38.5. The number of aromatic nitrogens is 1. The molecule has 0 radical (unpaired) electrons. The molecule has 11 amide bonds. The summed E-state index contributed by atoms with van der Waals surface area (Å²) in [5.41, 5.74) is 8.26. The number of carbonyl (C=O) groups is 12. The molecule has 5 aliphatic rings. The fraction of sp³-hybridized carbons (Fsp3) is 0.523. The molecule has 4 aromatic carbocycles. The topological polar surface area (TPSA) is 488 Å². The highest BCUT2D eigenvalue weighted by molar-refractivity contribution is 8.77. The minimum absolute atomic E-state index is 0.00194. The van der Waals surface area contributed by atoms with Gasteiger partial charge in [0.05, 0.1) is 50.2 Å². The van der Waals surface area contributed by atoms with Gasteiger partial charge in [-0.2, -0.15) is 0 Å². The number of aliphatic hydroxyl groups excluding tert-OH is 3. The molecule has 3 saturated heterocycles. The summed E-state index contributed by atoms with van der Waals surface area (Å²) in [5.74, 6) is -12.1. The number of nitrogens with two attached hydrogens (primary N) is 1. The Hall–Kier alpha value is -9.45. The lowest BCUT2D eigenvalue weighted by molar-refractivity contribution is -0.377. The maximum Gasteiger partial charge on any atom is 0.409 e. The van der Waals surface area contributed by atoms with Crippen molar-refractivity contribution >= 4 is 143 Å². The van der Waals surface area contributed by atoms with Crippen molar-refractivity contribution in [2.24, 2.45) is 17.6 Å². The van der Waals surface area contributed by atoms with Crippen LogP contribution >= 0.6 is 54.8 Å². The molecular weight excluding hydrogens is 1740 g/mol. The van der Waals surface area contributed by atoms with Gasteiger partial charge in [0.1, 0.15) is 71.3 Å². The maximum atomic E-state index is 15.3. The van der Waals surface area contributed by atoms with Gasteiger partial charge in [-0.15, -0.1) is 0 Å². The van der Waals surface area contributed by atoms with Gasteiger partial charge in [-0.05, 0) is 94.0 Å². The predicted molar refractivity (Wildman–Crippen MR) is 485 cm³/mol. The molecule has 127 heavy (non-hydrogen) atoms. The number of allylic oxidation sites excluding steroid dienone is 3. The third kappa shape index (κ3) is 28.0. The van der Waals surface area contributed by atoms with E-state index in [9.17, 15) is 58.8 Å². The molecule has 3 fully saturated rings. The van der Waals surface area contributed by atoms with Crippen molar-refractivity contribution in [1.29, 1.82) is 0 Å². The number of hydrogen-bond donors (Lipinski definition) is 15. The highest BCUT2D eigenvalue weighted by Crippen LogP contribution is 2.49. The zero-order valence-electron chi connectivity index (χ0n) is 72.7. The van der Waals surface area contributed by atoms with Crippen molar-refractivity contribution in [3.63, 3.8) is 0 Å². The number of amides is 11. The second-order valence-electron chi connectivity index (χ2n) is 32.3. The standard InChI is InChI=1S/C88H118ClN13O21S4/c1-49-23-22-31-71(120-10)87(118)43-70(121-86(117)100-87)50(2)77-51(3)88(122-77,44-74(108)102(8)68-40-57(37-49)41-69(119-9)75(68)89)123-85(116)52(4)101(7)73(107)33-36-125-124-35-32-72(106)92-62(38-55-24-14-11-15-25-55)79(110)97-66-47-126-127-48-67(83(114)96-65(46-103)53(5)104)98-84(115)76(54(6)105)99-78(109)61(30-18-13-21-34-90)93-81(112)64(42-58-45-91-60-29-20-19-28-59(58)60)95-80(111)63(94-82(66)113)39-56-26-16-12-17-27-56/h11-12,14-17,19-20,22-29,31,40-41,45,50-54,61-67,70-71,76-77,91,103-105,118H,13,18,21,30,32-39,42-44,46-48,90H2,1-10H3,(H,92,106)(H,93,112)(H,94,113)(H,95,111)(H,96,114)(H,97,110)(H,98,115)(H,99,109)(H,100,117)/b31-22+,49-23+/t50-,51+,52+,53-,54-,61+,62-,63+,64-,65-,66+,67+,70+,71-,76+,77+,87+,88?/m1/s1. The first kappa shape index (κ1) is 101. The third-order valence-electron chi connectivity index (χ3n) is 22.9. The zero-order chi connectivity index (χ0) is 92.4. The normalized spacial score (nSPS) is 26.1. The smallest absolute Gasteiger partial charge is 0.409 e. The largest absolute Gasteiger partial charge is 0.495 e. The van der Waals surface area contributed by atoms with Crippen LogP contribution in [0, 0.1) is 11.8 Å². The highest BCUT2D eigenvalue weighted by atomic mass is 35.5. The van der Waals surface area contributed by atoms with Crippen LogP contribution in [0.15, 0.2) is 127 Å². The molecule has 1 unspecified atom stereocenters. The fourth-order valence-corrected chi connectivity index (χ4v) is 19.8. The lowest BCUT2D eigenvalue weighted by Gasteiger charge is -2.55. The van der Waals surface area contributed by atoms with E-state index in [2.05, 4.69) is 52.8 Å². The minimum Gasteiger partial charge on any atom is -0.495 e. The van der Waals surface area contributed by atoms with Crippen LogP contribution in [-0.2, 0) is 97.4 Å². The Labute approximate surface area is 759 Å². The number of esters is 1. The number of nitrogens with one attached hydrogen (secondary N) is 10. The predicted octanol–water partition coefficient (Wildman–Crippen LogP) is 4.64. The molecule has 39 heteroatoms. The van der Waals surface area contributed by atoms with Crippen LogP contribution in [0.3, 0.4) is 0 Å².